The number of fused-ring (bicyclic) bond motifs is 1. The normalized spacial score (nSPS) is 10.9. The molecule has 0 unspecified atom stereocenters. The van der Waals surface area contributed by atoms with Gasteiger partial charge in [0.25, 0.3) is 5.19 Å². The minimum absolute atomic E-state index is 0.0252. The van der Waals surface area contributed by atoms with Crippen LogP contribution in [0.5, 0.6) is 10.9 Å². The highest BCUT2D eigenvalue weighted by atomic mass is 32.1. The summed E-state index contributed by atoms with van der Waals surface area (Å²) < 4.78 is 7.41. The second-order valence-corrected chi connectivity index (χ2v) is 6.06. The number of imidazole rings is 1. The summed E-state index contributed by atoms with van der Waals surface area (Å²) in [5, 5.41) is 4.87. The van der Waals surface area contributed by atoms with Crippen molar-refractivity contribution < 1.29 is 9.53 Å². The van der Waals surface area contributed by atoms with Crippen molar-refractivity contribution in [3.8, 4) is 22.2 Å². The summed E-state index contributed by atoms with van der Waals surface area (Å²) in [6, 6.07) is 10.8. The molecule has 0 aliphatic heterocycles. The highest BCUT2D eigenvalue weighted by Gasteiger charge is 2.11. The van der Waals surface area contributed by atoms with Crippen LogP contribution in [0.2, 0.25) is 0 Å². The molecule has 7 heteroatoms. The SMILES string of the molecule is CC(=O)c1ccc(Oc2nn3cc(-c4cccnc4)nc3s2)cc1. The lowest BCUT2D eigenvalue weighted by Gasteiger charge is -2.01. The van der Waals surface area contributed by atoms with E-state index in [9.17, 15) is 4.79 Å². The predicted molar refractivity (Wildman–Crippen MR) is 90.6 cm³/mol. The molecule has 0 aliphatic carbocycles. The standard InChI is InChI=1S/C17H12N4O2S/c1-11(22)12-4-6-14(7-5-12)23-17-20-21-10-15(19-16(21)24-17)13-3-2-8-18-9-13/h2-10H,1H3. The Morgan fingerprint density at radius 1 is 1.21 bits per heavy atom. The van der Waals surface area contributed by atoms with Gasteiger partial charge in [-0.05, 0) is 54.7 Å². The average Bonchev–Trinajstić information content (AvgIpc) is 3.14. The first-order valence-electron chi connectivity index (χ1n) is 7.24. The van der Waals surface area contributed by atoms with Crippen molar-refractivity contribution in [2.24, 2.45) is 0 Å². The molecule has 0 bridgehead atoms. The van der Waals surface area contributed by atoms with Crippen molar-refractivity contribution in [1.82, 2.24) is 19.6 Å². The van der Waals surface area contributed by atoms with Gasteiger partial charge in [-0.25, -0.2) is 9.50 Å². The third-order valence-electron chi connectivity index (χ3n) is 3.45. The van der Waals surface area contributed by atoms with E-state index in [1.54, 1.807) is 41.2 Å². The van der Waals surface area contributed by atoms with E-state index in [1.165, 1.54) is 18.3 Å². The molecule has 0 saturated heterocycles. The zero-order valence-electron chi connectivity index (χ0n) is 12.7. The van der Waals surface area contributed by atoms with Crippen LogP contribution in [0.15, 0.2) is 55.0 Å². The van der Waals surface area contributed by atoms with Crippen molar-refractivity contribution in [1.29, 1.82) is 0 Å². The Balaban J connectivity index is 1.57. The molecular weight excluding hydrogens is 324 g/mol. The summed E-state index contributed by atoms with van der Waals surface area (Å²) in [6.45, 7) is 1.53. The number of pyridine rings is 1. The summed E-state index contributed by atoms with van der Waals surface area (Å²) in [5.74, 6) is 0.654. The number of hydrogen-bond acceptors (Lipinski definition) is 6. The van der Waals surface area contributed by atoms with E-state index in [0.29, 0.717) is 16.5 Å². The molecule has 4 rings (SSSR count). The van der Waals surface area contributed by atoms with Crippen molar-refractivity contribution in [2.75, 3.05) is 0 Å². The maximum Gasteiger partial charge on any atom is 0.299 e. The van der Waals surface area contributed by atoms with E-state index in [1.807, 2.05) is 18.3 Å². The Bertz CT molecular complexity index is 975. The number of ketones is 1. The van der Waals surface area contributed by atoms with Gasteiger partial charge in [0, 0.05) is 23.5 Å². The third kappa shape index (κ3) is 2.77. The Morgan fingerprint density at radius 2 is 2.04 bits per heavy atom. The second-order valence-electron chi connectivity index (χ2n) is 5.15. The van der Waals surface area contributed by atoms with Gasteiger partial charge in [0.15, 0.2) is 5.78 Å². The summed E-state index contributed by atoms with van der Waals surface area (Å²) >= 11 is 1.35. The van der Waals surface area contributed by atoms with Gasteiger partial charge in [-0.2, -0.15) is 0 Å². The van der Waals surface area contributed by atoms with Crippen LogP contribution in [0.1, 0.15) is 17.3 Å². The maximum atomic E-state index is 11.3. The molecule has 0 fully saturated rings. The van der Waals surface area contributed by atoms with E-state index >= 15 is 0 Å². The molecule has 3 aromatic heterocycles. The van der Waals surface area contributed by atoms with E-state index < -0.39 is 0 Å². The topological polar surface area (TPSA) is 69.4 Å². The van der Waals surface area contributed by atoms with Crippen LogP contribution in [-0.4, -0.2) is 25.4 Å². The smallest absolute Gasteiger partial charge is 0.299 e. The van der Waals surface area contributed by atoms with Crippen molar-refractivity contribution in [3.63, 3.8) is 0 Å². The fourth-order valence-electron chi connectivity index (χ4n) is 2.23. The average molecular weight is 336 g/mol. The minimum atomic E-state index is 0.0252. The number of aromatic nitrogens is 4. The molecule has 4 aromatic rings. The van der Waals surface area contributed by atoms with Gasteiger partial charge in [0.2, 0.25) is 4.96 Å². The Labute approximate surface area is 141 Å². The van der Waals surface area contributed by atoms with Crippen molar-refractivity contribution >= 4 is 22.1 Å². The molecular formula is C17H12N4O2S. The molecule has 0 N–H and O–H groups in total. The zero-order chi connectivity index (χ0) is 16.5. The molecule has 0 amide bonds. The Kier molecular flexibility index (Phi) is 3.55. The monoisotopic (exact) mass is 336 g/mol. The number of carbonyl (C=O) groups is 1. The quantitative estimate of drug-likeness (QED) is 0.530. The van der Waals surface area contributed by atoms with Crippen LogP contribution >= 0.6 is 11.3 Å². The van der Waals surface area contributed by atoms with Gasteiger partial charge in [-0.15, -0.1) is 5.10 Å². The largest absolute Gasteiger partial charge is 0.430 e. The van der Waals surface area contributed by atoms with Crippen LogP contribution in [0.4, 0.5) is 0 Å². The molecule has 0 atom stereocenters. The fourth-order valence-corrected chi connectivity index (χ4v) is 2.99. The van der Waals surface area contributed by atoms with Crippen LogP contribution in [0, 0.1) is 0 Å². The van der Waals surface area contributed by atoms with Gasteiger partial charge in [0.05, 0.1) is 11.9 Å². The van der Waals surface area contributed by atoms with E-state index in [2.05, 4.69) is 15.1 Å². The van der Waals surface area contributed by atoms with Gasteiger partial charge in [0.1, 0.15) is 5.75 Å². The van der Waals surface area contributed by atoms with Gasteiger partial charge in [-0.1, -0.05) is 0 Å². The summed E-state index contributed by atoms with van der Waals surface area (Å²) in [7, 11) is 0. The number of hydrogen-bond donors (Lipinski definition) is 0. The predicted octanol–water partition coefficient (Wildman–Crippen LogP) is 3.85. The van der Waals surface area contributed by atoms with Crippen molar-refractivity contribution in [2.45, 2.75) is 6.92 Å². The second kappa shape index (κ2) is 5.86. The molecule has 0 saturated carbocycles. The minimum Gasteiger partial charge on any atom is -0.430 e. The van der Waals surface area contributed by atoms with Crippen LogP contribution in [0.25, 0.3) is 16.2 Å². The van der Waals surface area contributed by atoms with E-state index in [-0.39, 0.29) is 5.78 Å². The number of nitrogens with zero attached hydrogens (tertiary/aromatic N) is 4. The molecule has 6 nitrogen and oxygen atoms in total. The first-order valence-corrected chi connectivity index (χ1v) is 8.06. The zero-order valence-corrected chi connectivity index (χ0v) is 13.5. The highest BCUT2D eigenvalue weighted by Crippen LogP contribution is 2.29. The maximum absolute atomic E-state index is 11.3. The molecule has 0 aliphatic rings. The Morgan fingerprint density at radius 3 is 2.71 bits per heavy atom. The molecule has 1 aromatic carbocycles. The highest BCUT2D eigenvalue weighted by molar-refractivity contribution is 7.18. The number of rotatable bonds is 4. The van der Waals surface area contributed by atoms with Gasteiger partial charge in [-0.3, -0.25) is 9.78 Å². The number of benzene rings is 1. The molecule has 24 heavy (non-hydrogen) atoms. The van der Waals surface area contributed by atoms with E-state index in [4.69, 9.17) is 4.74 Å². The van der Waals surface area contributed by atoms with Crippen molar-refractivity contribution in [3.05, 3.63) is 60.6 Å². The first-order chi connectivity index (χ1) is 11.7. The van der Waals surface area contributed by atoms with E-state index in [0.717, 1.165) is 16.2 Å². The first kappa shape index (κ1) is 14.5. The lowest BCUT2D eigenvalue weighted by atomic mass is 10.1. The lowest BCUT2D eigenvalue weighted by molar-refractivity contribution is 0.101. The fraction of sp³-hybridized carbons (Fsp3) is 0.0588. The van der Waals surface area contributed by atoms with Crippen LogP contribution < -0.4 is 4.74 Å². The molecule has 3 heterocycles. The van der Waals surface area contributed by atoms with Gasteiger partial charge < -0.3 is 4.74 Å². The number of carbonyl (C=O) groups excluding carboxylic acids is 1. The number of ether oxygens (including phenoxy) is 1. The van der Waals surface area contributed by atoms with Crippen LogP contribution in [0.3, 0.4) is 0 Å². The summed E-state index contributed by atoms with van der Waals surface area (Å²) in [4.78, 5) is 20.6. The number of Topliss-reactive ketones (excluding diaryl/α,β-unsaturated/α-hetero) is 1. The summed E-state index contributed by atoms with van der Waals surface area (Å²) in [6.07, 6.45) is 5.33. The molecule has 0 spiro atoms. The summed E-state index contributed by atoms with van der Waals surface area (Å²) in [5.41, 5.74) is 2.41. The third-order valence-corrected chi connectivity index (χ3v) is 4.25. The Hall–Kier alpha value is -3.06. The lowest BCUT2D eigenvalue weighted by Crippen LogP contribution is -1.91. The molecule has 0 radical (unpaired) electrons. The van der Waals surface area contributed by atoms with Crippen LogP contribution in [-0.2, 0) is 0 Å². The van der Waals surface area contributed by atoms with Gasteiger partial charge >= 0.3 is 0 Å². The molecule has 118 valence electrons.